The van der Waals surface area contributed by atoms with Crippen LogP contribution in [0.5, 0.6) is 0 Å². The van der Waals surface area contributed by atoms with Crippen molar-refractivity contribution in [2.75, 3.05) is 11.9 Å². The van der Waals surface area contributed by atoms with Crippen LogP contribution in [0, 0.1) is 0 Å². The lowest BCUT2D eigenvalue weighted by atomic mass is 10.1. The van der Waals surface area contributed by atoms with Crippen LogP contribution in [0.1, 0.15) is 16.1 Å². The van der Waals surface area contributed by atoms with Crippen molar-refractivity contribution in [3.8, 4) is 5.69 Å². The highest BCUT2D eigenvalue weighted by Gasteiger charge is 2.26. The summed E-state index contributed by atoms with van der Waals surface area (Å²) in [6.45, 7) is 0.399. The molecule has 2 heterocycles. The summed E-state index contributed by atoms with van der Waals surface area (Å²) in [6.07, 6.45) is 1.94. The molecule has 1 aromatic heterocycles. The molecule has 3 aromatic rings. The molecule has 1 aliphatic rings. The van der Waals surface area contributed by atoms with Crippen LogP contribution in [0.3, 0.4) is 0 Å². The van der Waals surface area contributed by atoms with Gasteiger partial charge in [0.15, 0.2) is 0 Å². The summed E-state index contributed by atoms with van der Waals surface area (Å²) in [6, 6.07) is 20.6. The van der Waals surface area contributed by atoms with Crippen molar-refractivity contribution >= 4 is 17.5 Å². The first-order chi connectivity index (χ1) is 12.2. The van der Waals surface area contributed by atoms with Crippen molar-refractivity contribution in [3.63, 3.8) is 0 Å². The lowest BCUT2D eigenvalue weighted by Crippen LogP contribution is -2.37. The van der Waals surface area contributed by atoms with E-state index in [1.54, 1.807) is 11.0 Å². The number of fused-ring (bicyclic) bond motifs is 3. The number of anilines is 1. The number of carbonyl (C=O) groups excluding carboxylic acids is 2. The Morgan fingerprint density at radius 1 is 0.960 bits per heavy atom. The van der Waals surface area contributed by atoms with Gasteiger partial charge in [-0.3, -0.25) is 9.59 Å². The molecule has 2 amide bonds. The van der Waals surface area contributed by atoms with Crippen LogP contribution in [-0.4, -0.2) is 27.8 Å². The molecule has 5 heteroatoms. The van der Waals surface area contributed by atoms with E-state index in [0.717, 1.165) is 17.1 Å². The van der Waals surface area contributed by atoms with Crippen LogP contribution >= 0.6 is 0 Å². The van der Waals surface area contributed by atoms with Crippen LogP contribution in [0.2, 0.25) is 0 Å². The Morgan fingerprint density at radius 2 is 1.72 bits per heavy atom. The van der Waals surface area contributed by atoms with E-state index in [4.69, 9.17) is 0 Å². The first kappa shape index (κ1) is 15.2. The Labute approximate surface area is 145 Å². The second-order valence-electron chi connectivity index (χ2n) is 5.96. The molecule has 124 valence electrons. The Balaban J connectivity index is 1.61. The molecule has 0 unspecified atom stereocenters. The van der Waals surface area contributed by atoms with Gasteiger partial charge in [0, 0.05) is 17.6 Å². The summed E-state index contributed by atoms with van der Waals surface area (Å²) in [4.78, 5) is 26.9. The topological polar surface area (TPSA) is 54.3 Å². The van der Waals surface area contributed by atoms with Crippen LogP contribution in [0.4, 0.5) is 5.69 Å². The monoisotopic (exact) mass is 331 g/mol. The highest BCUT2D eigenvalue weighted by atomic mass is 16.2. The van der Waals surface area contributed by atoms with E-state index in [0.29, 0.717) is 12.1 Å². The molecule has 1 N–H and O–H groups in total. The molecule has 2 aromatic carbocycles. The predicted octanol–water partition coefficient (Wildman–Crippen LogP) is 3.07. The van der Waals surface area contributed by atoms with E-state index in [1.807, 2.05) is 71.4 Å². The summed E-state index contributed by atoms with van der Waals surface area (Å²) in [7, 11) is 0. The number of amides is 2. The smallest absolute Gasteiger partial charge is 0.256 e. The highest BCUT2D eigenvalue weighted by molar-refractivity contribution is 6.01. The molecular formula is C20H17N3O2. The first-order valence-corrected chi connectivity index (χ1v) is 8.12. The second-order valence-corrected chi connectivity index (χ2v) is 5.96. The maximum atomic E-state index is 12.9. The quantitative estimate of drug-likeness (QED) is 0.802. The van der Waals surface area contributed by atoms with Gasteiger partial charge in [-0.2, -0.15) is 0 Å². The van der Waals surface area contributed by atoms with Gasteiger partial charge in [-0.25, -0.2) is 0 Å². The van der Waals surface area contributed by atoms with Gasteiger partial charge in [-0.05, 0) is 36.4 Å². The van der Waals surface area contributed by atoms with Gasteiger partial charge >= 0.3 is 0 Å². The van der Waals surface area contributed by atoms with Gasteiger partial charge in [0.25, 0.3) is 5.91 Å². The van der Waals surface area contributed by atoms with Crippen LogP contribution in [0.15, 0.2) is 72.9 Å². The zero-order valence-corrected chi connectivity index (χ0v) is 13.6. The molecule has 0 fully saturated rings. The van der Waals surface area contributed by atoms with Gasteiger partial charge < -0.3 is 14.8 Å². The fraction of sp³-hybridized carbons (Fsp3) is 0.100. The molecule has 0 atom stereocenters. The SMILES string of the molecule is O=C(CN1Cc2cccn2-c2ccccc2C1=O)Nc1ccccc1. The number of hydrogen-bond acceptors (Lipinski definition) is 2. The summed E-state index contributed by atoms with van der Waals surface area (Å²) >= 11 is 0. The normalized spacial score (nSPS) is 13.0. The Bertz CT molecular complexity index is 931. The van der Waals surface area contributed by atoms with Crippen LogP contribution < -0.4 is 5.32 Å². The third kappa shape index (κ3) is 2.92. The van der Waals surface area contributed by atoms with Gasteiger partial charge in [0.1, 0.15) is 6.54 Å². The fourth-order valence-electron chi connectivity index (χ4n) is 3.11. The zero-order chi connectivity index (χ0) is 17.2. The molecule has 0 aliphatic carbocycles. The Morgan fingerprint density at radius 3 is 2.56 bits per heavy atom. The maximum Gasteiger partial charge on any atom is 0.256 e. The standard InChI is InChI=1S/C20H17N3O2/c24-19(21-15-7-2-1-3-8-15)14-22-13-16-9-6-12-23(16)18-11-5-4-10-17(18)20(22)25/h1-12H,13-14H2,(H,21,24). The number of para-hydroxylation sites is 2. The number of carbonyl (C=O) groups is 2. The van der Waals surface area contributed by atoms with E-state index in [1.165, 1.54) is 0 Å². The van der Waals surface area contributed by atoms with Crippen molar-refractivity contribution in [1.29, 1.82) is 0 Å². The van der Waals surface area contributed by atoms with Gasteiger partial charge in [0.2, 0.25) is 5.91 Å². The molecule has 0 saturated carbocycles. The summed E-state index contributed by atoms with van der Waals surface area (Å²) in [5, 5.41) is 2.83. The average molecular weight is 331 g/mol. The number of rotatable bonds is 3. The third-order valence-electron chi connectivity index (χ3n) is 4.26. The highest BCUT2D eigenvalue weighted by Crippen LogP contribution is 2.24. The van der Waals surface area contributed by atoms with Crippen molar-refractivity contribution in [1.82, 2.24) is 9.47 Å². The van der Waals surface area contributed by atoms with Gasteiger partial charge in [-0.15, -0.1) is 0 Å². The average Bonchev–Trinajstić information content (AvgIpc) is 3.05. The molecule has 0 radical (unpaired) electrons. The molecule has 1 aliphatic heterocycles. The van der Waals surface area contributed by atoms with Crippen LogP contribution in [-0.2, 0) is 11.3 Å². The molecule has 0 spiro atoms. The van der Waals surface area contributed by atoms with Crippen molar-refractivity contribution in [3.05, 3.63) is 84.2 Å². The lowest BCUT2D eigenvalue weighted by molar-refractivity contribution is -0.117. The summed E-state index contributed by atoms with van der Waals surface area (Å²) < 4.78 is 2.00. The Hall–Kier alpha value is -3.34. The number of nitrogens with zero attached hydrogens (tertiary/aromatic N) is 2. The van der Waals surface area contributed by atoms with E-state index in [9.17, 15) is 9.59 Å². The van der Waals surface area contributed by atoms with Gasteiger partial charge in [-0.1, -0.05) is 30.3 Å². The van der Waals surface area contributed by atoms with Gasteiger partial charge in [0.05, 0.1) is 17.8 Å². The molecule has 5 nitrogen and oxygen atoms in total. The predicted molar refractivity (Wildman–Crippen MR) is 95.6 cm³/mol. The first-order valence-electron chi connectivity index (χ1n) is 8.12. The second kappa shape index (κ2) is 6.28. The maximum absolute atomic E-state index is 12.9. The molecule has 0 saturated heterocycles. The number of benzene rings is 2. The van der Waals surface area contributed by atoms with Crippen molar-refractivity contribution < 1.29 is 9.59 Å². The number of aromatic nitrogens is 1. The third-order valence-corrected chi connectivity index (χ3v) is 4.26. The van der Waals surface area contributed by atoms with E-state index < -0.39 is 0 Å². The lowest BCUT2D eigenvalue weighted by Gasteiger charge is -2.20. The number of hydrogen-bond donors (Lipinski definition) is 1. The fourth-order valence-corrected chi connectivity index (χ4v) is 3.11. The molecule has 0 bridgehead atoms. The molecular weight excluding hydrogens is 314 g/mol. The van der Waals surface area contributed by atoms with Crippen LogP contribution in [0.25, 0.3) is 5.69 Å². The van der Waals surface area contributed by atoms with E-state index in [-0.39, 0.29) is 18.4 Å². The summed E-state index contributed by atoms with van der Waals surface area (Å²) in [5.74, 6) is -0.348. The minimum Gasteiger partial charge on any atom is -0.325 e. The van der Waals surface area contributed by atoms with E-state index in [2.05, 4.69) is 5.32 Å². The largest absolute Gasteiger partial charge is 0.325 e. The van der Waals surface area contributed by atoms with Crippen molar-refractivity contribution in [2.24, 2.45) is 0 Å². The molecule has 4 rings (SSSR count). The van der Waals surface area contributed by atoms with Crippen molar-refractivity contribution in [2.45, 2.75) is 6.54 Å². The summed E-state index contributed by atoms with van der Waals surface area (Å²) in [5.41, 5.74) is 3.15. The minimum atomic E-state index is -0.211. The number of nitrogens with one attached hydrogen (secondary N) is 1. The minimum absolute atomic E-state index is 0.00718. The Kier molecular flexibility index (Phi) is 3.82. The van der Waals surface area contributed by atoms with E-state index >= 15 is 0 Å². The molecule has 25 heavy (non-hydrogen) atoms. The zero-order valence-electron chi connectivity index (χ0n) is 13.6.